The Balaban J connectivity index is 0. The first-order valence-electron chi connectivity index (χ1n) is 20.8. The largest absolute Gasteiger partial charge is 0.393 e. The van der Waals surface area contributed by atoms with E-state index in [0.717, 1.165) is 12.6 Å². The zero-order valence-electron chi connectivity index (χ0n) is 38.6. The summed E-state index contributed by atoms with van der Waals surface area (Å²) in [4.78, 5) is 60.0. The average molecular weight is 889 g/mol. The summed E-state index contributed by atoms with van der Waals surface area (Å²) in [6, 6.07) is 9.89. The highest BCUT2D eigenvalue weighted by molar-refractivity contribution is 6.03. The molecule has 0 fully saturated rings. The maximum Gasteiger partial charge on any atom is 0.275 e. The number of hydrazine groups is 2. The monoisotopic (exact) mass is 889 g/mol. The van der Waals surface area contributed by atoms with Gasteiger partial charge < -0.3 is 55.1 Å². The van der Waals surface area contributed by atoms with E-state index >= 15 is 0 Å². The standard InChI is InChI=1S/C20H30N6O6.C14H18N6O3.4C2H6/c1-29-6-7-31-10-11-32-9-8-30-5-4-26(22)13-16(21)19(28)25-20-23-17-3-2-15(14-27)12-18(17)24-20;1-23-5-4-20(16)7-10(15)13(22)19-14-17-11-3-2-9(8-21)6-12(11)18-14;4*1-2/h2-3,12-14H,4-11,21-22H2,1H3,(H2,23,24,25,28);2-3,6-8H,4-5,15-16H2,1H3,(H2,17,18,19,22);4*1-2H3/b16-13-;10-7-;;;;. The third kappa shape index (κ3) is 24.9. The third-order valence-corrected chi connectivity index (χ3v) is 7.11. The molecule has 0 radical (unpaired) electrons. The van der Waals surface area contributed by atoms with Crippen LogP contribution in [0.15, 0.2) is 60.2 Å². The van der Waals surface area contributed by atoms with E-state index in [9.17, 15) is 19.2 Å². The molecule has 2 aromatic heterocycles. The van der Waals surface area contributed by atoms with Crippen molar-refractivity contribution >= 4 is 58.4 Å². The SMILES string of the molecule is CC.CC.CC.CC.COCCN(N)/C=C(\N)C(=O)Nc1nc2ccc(C=O)cc2[nH]1.COCCOCCOCCOCCN(N)/C=C(\N)C(=O)Nc1nc2ccc(C=O)cc2[nH]1. The first-order valence-corrected chi connectivity index (χ1v) is 20.8. The summed E-state index contributed by atoms with van der Waals surface area (Å²) in [7, 11) is 3.17. The van der Waals surface area contributed by atoms with Crippen molar-refractivity contribution in [2.24, 2.45) is 23.2 Å². The number of nitrogens with one attached hydrogen (secondary N) is 4. The summed E-state index contributed by atoms with van der Waals surface area (Å²) in [5.41, 5.74) is 14.8. The Morgan fingerprint density at radius 3 is 1.30 bits per heavy atom. The number of fused-ring (bicyclic) bond motifs is 2. The van der Waals surface area contributed by atoms with Crippen LogP contribution in [0, 0.1) is 0 Å². The number of methoxy groups -OCH3 is 2. The predicted molar refractivity (Wildman–Crippen MR) is 248 cm³/mol. The molecule has 0 aliphatic heterocycles. The average Bonchev–Trinajstić information content (AvgIpc) is 3.92. The van der Waals surface area contributed by atoms with Gasteiger partial charge in [-0.3, -0.25) is 29.8 Å². The zero-order chi connectivity index (χ0) is 48.0. The van der Waals surface area contributed by atoms with Crippen LogP contribution in [0.3, 0.4) is 0 Å². The fourth-order valence-corrected chi connectivity index (χ4v) is 4.33. The molecule has 0 bridgehead atoms. The number of carbonyl (C=O) groups excluding carboxylic acids is 4. The topological polar surface area (TPSA) is 306 Å². The number of amides is 2. The summed E-state index contributed by atoms with van der Waals surface area (Å²) in [5.74, 6) is 10.8. The van der Waals surface area contributed by atoms with Crippen molar-refractivity contribution in [3.05, 3.63) is 71.3 Å². The van der Waals surface area contributed by atoms with Crippen LogP contribution in [0.2, 0.25) is 0 Å². The second-order valence-corrected chi connectivity index (χ2v) is 11.3. The number of hydrogen-bond donors (Lipinski definition) is 8. The molecule has 0 saturated carbocycles. The molecule has 2 heterocycles. The minimum absolute atomic E-state index is 0.0716. The number of ether oxygens (including phenoxy) is 5. The van der Waals surface area contributed by atoms with Gasteiger partial charge >= 0.3 is 0 Å². The first-order chi connectivity index (χ1) is 30.6. The minimum Gasteiger partial charge on any atom is -0.393 e. The highest BCUT2D eigenvalue weighted by Crippen LogP contribution is 2.17. The van der Waals surface area contributed by atoms with E-state index in [2.05, 4.69) is 30.6 Å². The predicted octanol–water partition coefficient (Wildman–Crippen LogP) is 4.03. The Morgan fingerprint density at radius 1 is 0.587 bits per heavy atom. The number of nitrogens with two attached hydrogens (primary N) is 4. The maximum absolute atomic E-state index is 12.2. The summed E-state index contributed by atoms with van der Waals surface area (Å²) >= 11 is 0. The molecule has 21 nitrogen and oxygen atoms in total. The van der Waals surface area contributed by atoms with Gasteiger partial charge in [-0.1, -0.05) is 55.4 Å². The van der Waals surface area contributed by atoms with Crippen molar-refractivity contribution in [3.63, 3.8) is 0 Å². The molecule has 63 heavy (non-hydrogen) atoms. The van der Waals surface area contributed by atoms with Crippen molar-refractivity contribution in [3.8, 4) is 0 Å². The van der Waals surface area contributed by atoms with Crippen LogP contribution >= 0.6 is 0 Å². The number of benzene rings is 2. The van der Waals surface area contributed by atoms with E-state index in [0.29, 0.717) is 99.1 Å². The molecule has 12 N–H and O–H groups in total. The van der Waals surface area contributed by atoms with Crippen LogP contribution in [0.5, 0.6) is 0 Å². The molecule has 0 aliphatic carbocycles. The molecule has 354 valence electrons. The molecule has 0 aliphatic rings. The molecule has 0 spiro atoms. The molecule has 0 saturated heterocycles. The van der Waals surface area contributed by atoms with Crippen molar-refractivity contribution in [2.75, 3.05) is 90.8 Å². The molecule has 21 heteroatoms. The smallest absolute Gasteiger partial charge is 0.275 e. The Kier molecular flexibility index (Phi) is 35.5. The highest BCUT2D eigenvalue weighted by Gasteiger charge is 2.12. The van der Waals surface area contributed by atoms with E-state index < -0.39 is 11.8 Å². The number of H-pyrrole nitrogens is 2. The van der Waals surface area contributed by atoms with Crippen molar-refractivity contribution in [1.82, 2.24) is 30.0 Å². The number of anilines is 2. The van der Waals surface area contributed by atoms with Gasteiger partial charge in [0.1, 0.15) is 24.0 Å². The van der Waals surface area contributed by atoms with Gasteiger partial charge in [-0.25, -0.2) is 21.7 Å². The lowest BCUT2D eigenvalue weighted by atomic mass is 10.2. The van der Waals surface area contributed by atoms with Gasteiger partial charge in [0, 0.05) is 37.7 Å². The van der Waals surface area contributed by atoms with E-state index in [1.165, 1.54) is 22.4 Å². The van der Waals surface area contributed by atoms with Gasteiger partial charge in [-0.2, -0.15) is 0 Å². The fraction of sp³-hybridized carbons (Fsp3) is 0.476. The molecule has 2 aromatic carbocycles. The van der Waals surface area contributed by atoms with E-state index in [4.69, 9.17) is 46.8 Å². The summed E-state index contributed by atoms with van der Waals surface area (Å²) in [5, 5.41) is 7.60. The van der Waals surface area contributed by atoms with Crippen LogP contribution in [0.4, 0.5) is 11.9 Å². The zero-order valence-corrected chi connectivity index (χ0v) is 38.6. The Labute approximate surface area is 371 Å². The number of carbonyl (C=O) groups is 4. The Morgan fingerprint density at radius 2 is 0.937 bits per heavy atom. The van der Waals surface area contributed by atoms with Gasteiger partial charge in [0.2, 0.25) is 11.9 Å². The lowest BCUT2D eigenvalue weighted by Gasteiger charge is -2.15. The summed E-state index contributed by atoms with van der Waals surface area (Å²) < 4.78 is 25.8. The number of hydrogen-bond acceptors (Lipinski definition) is 17. The number of aromatic nitrogens is 4. The van der Waals surface area contributed by atoms with Crippen LogP contribution < -0.4 is 33.8 Å². The molecule has 2 amide bonds. The lowest BCUT2D eigenvalue weighted by Crippen LogP contribution is -2.32. The number of imidazole rings is 2. The van der Waals surface area contributed by atoms with Gasteiger partial charge in [0.15, 0.2) is 0 Å². The van der Waals surface area contributed by atoms with Gasteiger partial charge in [-0.05, 0) is 36.4 Å². The highest BCUT2D eigenvalue weighted by atomic mass is 16.6. The number of rotatable bonds is 23. The quantitative estimate of drug-likeness (QED) is 0.0171. The van der Waals surface area contributed by atoms with E-state index in [-0.39, 0.29) is 23.3 Å². The molecule has 0 unspecified atom stereocenters. The third-order valence-electron chi connectivity index (χ3n) is 7.11. The number of aromatic amines is 2. The second kappa shape index (κ2) is 37.8. The van der Waals surface area contributed by atoms with Crippen molar-refractivity contribution < 1.29 is 42.9 Å². The lowest BCUT2D eigenvalue weighted by molar-refractivity contribution is -0.113. The van der Waals surface area contributed by atoms with Crippen LogP contribution in [0.25, 0.3) is 22.1 Å². The summed E-state index contributed by atoms with van der Waals surface area (Å²) in [6.45, 7) is 20.4. The Bertz CT molecular complexity index is 1900. The molecule has 0 atom stereocenters. The van der Waals surface area contributed by atoms with Gasteiger partial charge in [-0.15, -0.1) is 0 Å². The van der Waals surface area contributed by atoms with E-state index in [1.54, 1.807) is 50.6 Å². The molecular weight excluding hydrogens is 817 g/mol. The summed E-state index contributed by atoms with van der Waals surface area (Å²) in [6.07, 6.45) is 4.07. The van der Waals surface area contributed by atoms with E-state index in [1.807, 2.05) is 55.4 Å². The second-order valence-electron chi connectivity index (χ2n) is 11.3. The molecule has 4 aromatic rings. The molecular formula is C42H72N12O9. The van der Waals surface area contributed by atoms with Crippen molar-refractivity contribution in [1.29, 1.82) is 0 Å². The van der Waals surface area contributed by atoms with Crippen LogP contribution in [-0.2, 0) is 33.3 Å². The number of nitrogens with zero attached hydrogens (tertiary/aromatic N) is 4. The normalized spacial score (nSPS) is 10.5. The number of aldehydes is 2. The van der Waals surface area contributed by atoms with Gasteiger partial charge in [0.05, 0.1) is 88.0 Å². The maximum atomic E-state index is 12.2. The minimum atomic E-state index is -0.572. The van der Waals surface area contributed by atoms with Gasteiger partial charge in [0.25, 0.3) is 11.8 Å². The first kappa shape index (κ1) is 59.2. The van der Waals surface area contributed by atoms with Crippen LogP contribution in [-0.4, -0.2) is 135 Å². The van der Waals surface area contributed by atoms with Crippen molar-refractivity contribution in [2.45, 2.75) is 55.4 Å². The molecule has 4 rings (SSSR count). The Hall–Kier alpha value is -5.94. The fourth-order valence-electron chi connectivity index (χ4n) is 4.33. The van der Waals surface area contributed by atoms with Crippen LogP contribution in [0.1, 0.15) is 76.1 Å².